The fourth-order valence-electron chi connectivity index (χ4n) is 3.19. The number of ketones is 1. The van der Waals surface area contributed by atoms with Gasteiger partial charge in [0.15, 0.2) is 0 Å². The first-order valence-electron chi connectivity index (χ1n) is 7.06. The number of likely N-dealkylation sites (N-methyl/N-ethyl adjacent to an activating group) is 1. The van der Waals surface area contributed by atoms with Crippen molar-refractivity contribution in [1.82, 2.24) is 4.90 Å². The zero-order valence-electron chi connectivity index (χ0n) is 11.8. The minimum atomic E-state index is -0.518. The maximum absolute atomic E-state index is 12.8. The summed E-state index contributed by atoms with van der Waals surface area (Å²) in [5.41, 5.74) is 1.68. The van der Waals surface area contributed by atoms with Crippen LogP contribution in [0.1, 0.15) is 17.5 Å². The van der Waals surface area contributed by atoms with E-state index < -0.39 is 5.41 Å². The number of carbonyl (C=O) groups excluding carboxylic acids is 1. The van der Waals surface area contributed by atoms with Gasteiger partial charge in [0, 0.05) is 19.5 Å². The molecule has 1 heterocycles. The number of hydrogen-bond donors (Lipinski definition) is 0. The highest BCUT2D eigenvalue weighted by atomic mass is 16.1. The standard InChI is InChI=1S/C18H19NO/c1-19-13-12-17(20)18(14-19,15-8-4-2-5-9-15)16-10-6-3-7-11-16/h2-11H,12-14H2,1H3. The summed E-state index contributed by atoms with van der Waals surface area (Å²) in [4.78, 5) is 15.1. The zero-order chi connectivity index (χ0) is 14.0. The Morgan fingerprint density at radius 1 is 0.900 bits per heavy atom. The van der Waals surface area contributed by atoms with Crippen molar-refractivity contribution in [2.24, 2.45) is 0 Å². The molecule has 0 atom stereocenters. The average molecular weight is 265 g/mol. The van der Waals surface area contributed by atoms with Crippen LogP contribution < -0.4 is 0 Å². The quantitative estimate of drug-likeness (QED) is 0.832. The van der Waals surface area contributed by atoms with Crippen LogP contribution in [0.3, 0.4) is 0 Å². The van der Waals surface area contributed by atoms with Crippen molar-refractivity contribution in [3.8, 4) is 0 Å². The lowest BCUT2D eigenvalue weighted by Gasteiger charge is -2.41. The Morgan fingerprint density at radius 2 is 1.40 bits per heavy atom. The second kappa shape index (κ2) is 5.22. The predicted octanol–water partition coefficient (Wildman–Crippen LogP) is 2.88. The Hall–Kier alpha value is -1.93. The van der Waals surface area contributed by atoms with E-state index in [0.29, 0.717) is 12.2 Å². The van der Waals surface area contributed by atoms with Gasteiger partial charge in [0.2, 0.25) is 0 Å². The van der Waals surface area contributed by atoms with Gasteiger partial charge in [-0.25, -0.2) is 0 Å². The summed E-state index contributed by atoms with van der Waals surface area (Å²) in [5.74, 6) is 0.327. The molecule has 2 heteroatoms. The van der Waals surface area contributed by atoms with Gasteiger partial charge in [0.1, 0.15) is 5.78 Å². The van der Waals surface area contributed by atoms with E-state index in [2.05, 4.69) is 36.2 Å². The van der Waals surface area contributed by atoms with Gasteiger partial charge in [-0.2, -0.15) is 0 Å². The molecule has 0 radical (unpaired) electrons. The second-order valence-electron chi connectivity index (χ2n) is 5.55. The molecule has 0 amide bonds. The maximum Gasteiger partial charge on any atom is 0.150 e. The Labute approximate surface area is 120 Å². The van der Waals surface area contributed by atoms with Gasteiger partial charge in [-0.1, -0.05) is 60.7 Å². The molecule has 0 saturated carbocycles. The first kappa shape index (κ1) is 13.1. The minimum absolute atomic E-state index is 0.327. The van der Waals surface area contributed by atoms with E-state index in [0.717, 1.165) is 24.2 Å². The van der Waals surface area contributed by atoms with Crippen LogP contribution >= 0.6 is 0 Å². The van der Waals surface area contributed by atoms with Crippen LogP contribution in [0, 0.1) is 0 Å². The van der Waals surface area contributed by atoms with Gasteiger partial charge < -0.3 is 4.90 Å². The molecule has 0 N–H and O–H groups in total. The highest BCUT2D eigenvalue weighted by molar-refractivity contribution is 5.95. The van der Waals surface area contributed by atoms with Crippen molar-refractivity contribution in [3.05, 3.63) is 71.8 Å². The fourth-order valence-corrected chi connectivity index (χ4v) is 3.19. The molecule has 2 nitrogen and oxygen atoms in total. The first-order valence-corrected chi connectivity index (χ1v) is 7.06. The molecule has 1 fully saturated rings. The SMILES string of the molecule is CN1CCC(=O)C(c2ccccc2)(c2ccccc2)C1. The number of rotatable bonds is 2. The molecule has 102 valence electrons. The van der Waals surface area contributed by atoms with Crippen molar-refractivity contribution in [1.29, 1.82) is 0 Å². The molecular weight excluding hydrogens is 246 g/mol. The summed E-state index contributed by atoms with van der Waals surface area (Å²) in [6, 6.07) is 20.4. The summed E-state index contributed by atoms with van der Waals surface area (Å²) >= 11 is 0. The number of carbonyl (C=O) groups is 1. The van der Waals surface area contributed by atoms with Gasteiger partial charge in [0.25, 0.3) is 0 Å². The van der Waals surface area contributed by atoms with Gasteiger partial charge in [-0.15, -0.1) is 0 Å². The third-order valence-corrected chi connectivity index (χ3v) is 4.24. The Morgan fingerprint density at radius 3 is 1.90 bits per heavy atom. The molecular formula is C18H19NO. The molecule has 20 heavy (non-hydrogen) atoms. The van der Waals surface area contributed by atoms with Crippen LogP contribution in [-0.4, -0.2) is 30.8 Å². The number of piperidine rings is 1. The molecule has 2 aromatic carbocycles. The molecule has 0 bridgehead atoms. The fraction of sp³-hybridized carbons (Fsp3) is 0.278. The average Bonchev–Trinajstić information content (AvgIpc) is 2.51. The molecule has 1 aliphatic heterocycles. The van der Waals surface area contributed by atoms with Crippen molar-refractivity contribution in [2.75, 3.05) is 20.1 Å². The predicted molar refractivity (Wildman–Crippen MR) is 80.8 cm³/mol. The maximum atomic E-state index is 12.8. The van der Waals surface area contributed by atoms with Crippen molar-refractivity contribution < 1.29 is 4.79 Å². The van der Waals surface area contributed by atoms with Gasteiger partial charge in [-0.3, -0.25) is 4.79 Å². The lowest BCUT2D eigenvalue weighted by molar-refractivity contribution is -0.126. The highest BCUT2D eigenvalue weighted by Crippen LogP contribution is 2.37. The van der Waals surface area contributed by atoms with Crippen molar-refractivity contribution >= 4 is 5.78 Å². The summed E-state index contributed by atoms with van der Waals surface area (Å²) in [7, 11) is 2.09. The lowest BCUT2D eigenvalue weighted by Crippen LogP contribution is -2.51. The number of Topliss-reactive ketones (excluding diaryl/α,β-unsaturated/α-hetero) is 1. The van der Waals surface area contributed by atoms with Crippen LogP contribution in [0.4, 0.5) is 0 Å². The lowest BCUT2D eigenvalue weighted by atomic mass is 9.68. The topological polar surface area (TPSA) is 20.3 Å². The van der Waals surface area contributed by atoms with E-state index in [1.807, 2.05) is 36.4 Å². The molecule has 0 aromatic heterocycles. The molecule has 0 aliphatic carbocycles. The summed E-state index contributed by atoms with van der Waals surface area (Å²) in [6.45, 7) is 1.60. The van der Waals surface area contributed by atoms with Crippen molar-refractivity contribution in [3.63, 3.8) is 0 Å². The van der Waals surface area contributed by atoms with Gasteiger partial charge >= 0.3 is 0 Å². The summed E-state index contributed by atoms with van der Waals surface area (Å²) < 4.78 is 0. The molecule has 2 aromatic rings. The van der Waals surface area contributed by atoms with E-state index in [9.17, 15) is 4.79 Å². The monoisotopic (exact) mass is 265 g/mol. The normalized spacial score (nSPS) is 18.9. The Kier molecular flexibility index (Phi) is 3.41. The van der Waals surface area contributed by atoms with Crippen LogP contribution in [0.5, 0.6) is 0 Å². The molecule has 3 rings (SSSR count). The Bertz CT molecular complexity index is 552. The van der Waals surface area contributed by atoms with E-state index in [-0.39, 0.29) is 0 Å². The van der Waals surface area contributed by atoms with Gasteiger partial charge in [-0.05, 0) is 18.2 Å². The largest absolute Gasteiger partial charge is 0.304 e. The minimum Gasteiger partial charge on any atom is -0.304 e. The molecule has 1 saturated heterocycles. The van der Waals surface area contributed by atoms with Crippen LogP contribution in [0.25, 0.3) is 0 Å². The van der Waals surface area contributed by atoms with E-state index in [1.54, 1.807) is 0 Å². The highest BCUT2D eigenvalue weighted by Gasteiger charge is 2.44. The van der Waals surface area contributed by atoms with Crippen LogP contribution in [-0.2, 0) is 10.2 Å². The summed E-state index contributed by atoms with van der Waals surface area (Å²) in [6.07, 6.45) is 0.611. The molecule has 0 spiro atoms. The molecule has 1 aliphatic rings. The van der Waals surface area contributed by atoms with E-state index in [4.69, 9.17) is 0 Å². The zero-order valence-corrected chi connectivity index (χ0v) is 11.8. The number of hydrogen-bond acceptors (Lipinski definition) is 2. The van der Waals surface area contributed by atoms with E-state index >= 15 is 0 Å². The second-order valence-corrected chi connectivity index (χ2v) is 5.55. The third kappa shape index (κ3) is 2.06. The summed E-state index contributed by atoms with van der Waals surface area (Å²) in [5, 5.41) is 0. The van der Waals surface area contributed by atoms with Crippen molar-refractivity contribution in [2.45, 2.75) is 11.8 Å². The number of nitrogens with zero attached hydrogens (tertiary/aromatic N) is 1. The number of likely N-dealkylation sites (tertiary alicyclic amines) is 1. The Balaban J connectivity index is 2.20. The smallest absolute Gasteiger partial charge is 0.150 e. The van der Waals surface area contributed by atoms with E-state index in [1.165, 1.54) is 0 Å². The first-order chi connectivity index (χ1) is 9.73. The van der Waals surface area contributed by atoms with Crippen LogP contribution in [0.15, 0.2) is 60.7 Å². The van der Waals surface area contributed by atoms with Gasteiger partial charge in [0.05, 0.1) is 5.41 Å². The van der Waals surface area contributed by atoms with Crippen LogP contribution in [0.2, 0.25) is 0 Å². The third-order valence-electron chi connectivity index (χ3n) is 4.24. The molecule has 0 unspecified atom stereocenters. The number of benzene rings is 2.